The summed E-state index contributed by atoms with van der Waals surface area (Å²) in [4.78, 5) is 45.9. The first kappa shape index (κ1) is 31.8. The Hall–Kier alpha value is -4.78. The van der Waals surface area contributed by atoms with E-state index in [1.54, 1.807) is 0 Å². The first-order valence-corrected chi connectivity index (χ1v) is 16.9. The molecule has 5 atom stereocenters. The van der Waals surface area contributed by atoms with Gasteiger partial charge in [0.05, 0.1) is 17.8 Å². The lowest BCUT2D eigenvalue weighted by atomic mass is 10.0. The summed E-state index contributed by atoms with van der Waals surface area (Å²) in [5.74, 6) is 8.49. The minimum atomic E-state index is -0.556. The molecule has 2 amide bonds. The number of nitrogens with one attached hydrogen (secondary N) is 2. The second kappa shape index (κ2) is 11.7. The number of amides is 2. The van der Waals surface area contributed by atoms with Gasteiger partial charge in [0.25, 0.3) is 0 Å². The minimum Gasteiger partial charge on any atom is -0.444 e. The Labute approximate surface area is 281 Å². The third kappa shape index (κ3) is 6.51. The number of aromatic nitrogens is 4. The molecule has 2 saturated heterocycles. The molecule has 0 spiro atoms. The molecular weight excluding hydrogens is 604 g/mol. The van der Waals surface area contributed by atoms with Gasteiger partial charge in [-0.2, -0.15) is 0 Å². The summed E-state index contributed by atoms with van der Waals surface area (Å²) in [5.41, 5.74) is 2.25. The van der Waals surface area contributed by atoms with E-state index in [0.29, 0.717) is 11.6 Å². The van der Waals surface area contributed by atoms with E-state index in [2.05, 4.69) is 59.1 Å². The van der Waals surface area contributed by atoms with Crippen LogP contribution in [0.25, 0.3) is 22.0 Å². The van der Waals surface area contributed by atoms with Gasteiger partial charge in [0, 0.05) is 35.6 Å². The number of rotatable bonds is 3. The average Bonchev–Trinajstić information content (AvgIpc) is 3.48. The van der Waals surface area contributed by atoms with Gasteiger partial charge in [-0.1, -0.05) is 24.1 Å². The molecule has 4 aromatic rings. The van der Waals surface area contributed by atoms with Crippen LogP contribution in [-0.4, -0.2) is 65.2 Å². The van der Waals surface area contributed by atoms with Gasteiger partial charge in [0.2, 0.25) is 0 Å². The fraction of sp³-hybridized carbons (Fsp3) is 0.474. The molecule has 2 N–H and O–H groups in total. The molecule has 4 heterocycles. The number of nitrogens with zero attached hydrogens (tertiary/aromatic N) is 4. The van der Waals surface area contributed by atoms with Crippen molar-refractivity contribution >= 4 is 23.0 Å². The third-order valence-electron chi connectivity index (χ3n) is 9.28. The predicted octanol–water partition coefficient (Wildman–Crippen LogP) is 7.88. The maximum atomic E-state index is 13.0. The molecule has 3 aliphatic rings. The zero-order valence-corrected chi connectivity index (χ0v) is 28.8. The van der Waals surface area contributed by atoms with Crippen molar-refractivity contribution in [2.45, 2.75) is 110 Å². The highest BCUT2D eigenvalue weighted by Crippen LogP contribution is 2.53. The van der Waals surface area contributed by atoms with Crippen molar-refractivity contribution in [3.8, 4) is 23.1 Å². The van der Waals surface area contributed by atoms with Gasteiger partial charge < -0.3 is 19.4 Å². The first-order chi connectivity index (χ1) is 22.7. The second-order valence-electron chi connectivity index (χ2n) is 15.4. The van der Waals surface area contributed by atoms with Crippen LogP contribution in [0.15, 0.2) is 48.8 Å². The largest absolute Gasteiger partial charge is 0.444 e. The summed E-state index contributed by atoms with van der Waals surface area (Å²) in [7, 11) is 0. The zero-order valence-electron chi connectivity index (χ0n) is 28.8. The van der Waals surface area contributed by atoms with E-state index in [9.17, 15) is 9.59 Å². The van der Waals surface area contributed by atoms with E-state index in [-0.39, 0.29) is 36.4 Å². The Morgan fingerprint density at radius 3 is 2.21 bits per heavy atom. The van der Waals surface area contributed by atoms with Crippen LogP contribution in [0.5, 0.6) is 0 Å². The van der Waals surface area contributed by atoms with E-state index >= 15 is 0 Å². The average molecular weight is 649 g/mol. The summed E-state index contributed by atoms with van der Waals surface area (Å²) >= 11 is 0. The molecule has 7 rings (SSSR count). The number of benzene rings is 2. The SMILES string of the molecule is C[C@H]1CCC(c2nc(-c3ccc4cc(C#Cc5c[nH]c([C@@H]6C[C@H]7C[C@H]7N6C(=O)OC(C)(C)C)n5)ccc4c3)c[nH]2)N1C(=O)OC(C)(C)C. The molecule has 2 aliphatic heterocycles. The highest BCUT2D eigenvalue weighted by Gasteiger charge is 2.56. The first-order valence-electron chi connectivity index (χ1n) is 16.9. The van der Waals surface area contributed by atoms with E-state index in [0.717, 1.165) is 64.9 Å². The monoisotopic (exact) mass is 648 g/mol. The Morgan fingerprint density at radius 1 is 0.792 bits per heavy atom. The number of carbonyl (C=O) groups is 2. The summed E-state index contributed by atoms with van der Waals surface area (Å²) in [6.07, 6.45) is 6.79. The van der Waals surface area contributed by atoms with Crippen molar-refractivity contribution in [3.05, 3.63) is 71.7 Å². The number of aromatic amines is 2. The molecular formula is C38H44N6O4. The molecule has 1 unspecified atom stereocenters. The summed E-state index contributed by atoms with van der Waals surface area (Å²) in [6.45, 7) is 13.4. The normalized spacial score (nSPS) is 23.5. The lowest BCUT2D eigenvalue weighted by molar-refractivity contribution is 0.0147. The molecule has 3 fully saturated rings. The standard InChI is InChI=1S/C38H44N6O4/c1-22-8-15-30(43(22)35(45)47-37(2,3)4)33-40-21-29(42-33)26-13-12-24-16-23(9-11-25(24)17-26)10-14-28-20-39-34(41-28)32-19-27-18-31(27)44(32)36(46)48-38(5,6)7/h9,11-13,16-17,20-22,27,30-32H,8,15,18-19H2,1-7H3,(H,39,41)(H,40,42)/t22-,27+,30?,31+,32-/m0/s1. The van der Waals surface area contributed by atoms with Crippen LogP contribution >= 0.6 is 0 Å². The van der Waals surface area contributed by atoms with Crippen LogP contribution < -0.4 is 0 Å². The molecule has 2 aromatic carbocycles. The maximum absolute atomic E-state index is 13.0. The van der Waals surface area contributed by atoms with Gasteiger partial charge in [-0.3, -0.25) is 9.80 Å². The van der Waals surface area contributed by atoms with Crippen molar-refractivity contribution in [2.24, 2.45) is 5.92 Å². The van der Waals surface area contributed by atoms with Gasteiger partial charge in [-0.15, -0.1) is 0 Å². The van der Waals surface area contributed by atoms with Gasteiger partial charge >= 0.3 is 12.2 Å². The number of hydrogen-bond acceptors (Lipinski definition) is 6. The minimum absolute atomic E-state index is 0.0822. The van der Waals surface area contributed by atoms with E-state index < -0.39 is 11.2 Å². The van der Waals surface area contributed by atoms with Crippen molar-refractivity contribution < 1.29 is 19.1 Å². The van der Waals surface area contributed by atoms with Crippen LogP contribution in [-0.2, 0) is 9.47 Å². The molecule has 1 aliphatic carbocycles. The smallest absolute Gasteiger partial charge is 0.411 e. The van der Waals surface area contributed by atoms with Crippen LogP contribution in [0.3, 0.4) is 0 Å². The number of fused-ring (bicyclic) bond motifs is 2. The molecule has 10 heteroatoms. The Kier molecular flexibility index (Phi) is 7.77. The molecule has 1 saturated carbocycles. The lowest BCUT2D eigenvalue weighted by Crippen LogP contribution is -2.40. The quantitative estimate of drug-likeness (QED) is 0.218. The second-order valence-corrected chi connectivity index (χ2v) is 15.4. The van der Waals surface area contributed by atoms with Crippen LogP contribution in [0.4, 0.5) is 9.59 Å². The van der Waals surface area contributed by atoms with Crippen LogP contribution in [0.1, 0.15) is 109 Å². The highest BCUT2D eigenvalue weighted by molar-refractivity contribution is 5.88. The fourth-order valence-corrected chi connectivity index (χ4v) is 7.00. The van der Waals surface area contributed by atoms with Gasteiger partial charge in [-0.05, 0) is 115 Å². The number of carbonyl (C=O) groups excluding carboxylic acids is 2. The third-order valence-corrected chi connectivity index (χ3v) is 9.28. The Bertz CT molecular complexity index is 1940. The Morgan fingerprint density at radius 2 is 1.46 bits per heavy atom. The van der Waals surface area contributed by atoms with E-state index in [4.69, 9.17) is 19.4 Å². The number of piperidine rings is 1. The van der Waals surface area contributed by atoms with Crippen molar-refractivity contribution in [1.82, 2.24) is 29.7 Å². The number of imidazole rings is 2. The van der Waals surface area contributed by atoms with Gasteiger partial charge in [0.15, 0.2) is 0 Å². The molecule has 48 heavy (non-hydrogen) atoms. The summed E-state index contributed by atoms with van der Waals surface area (Å²) in [6, 6.07) is 12.5. The van der Waals surface area contributed by atoms with Gasteiger partial charge in [-0.25, -0.2) is 19.6 Å². The zero-order chi connectivity index (χ0) is 34.0. The van der Waals surface area contributed by atoms with Crippen molar-refractivity contribution in [1.29, 1.82) is 0 Å². The molecule has 0 bridgehead atoms. The number of ether oxygens (including phenoxy) is 2. The van der Waals surface area contributed by atoms with Crippen LogP contribution in [0, 0.1) is 17.8 Å². The van der Waals surface area contributed by atoms with Crippen molar-refractivity contribution in [3.63, 3.8) is 0 Å². The van der Waals surface area contributed by atoms with E-state index in [1.165, 1.54) is 0 Å². The molecule has 2 aromatic heterocycles. The topological polar surface area (TPSA) is 116 Å². The number of H-pyrrole nitrogens is 2. The van der Waals surface area contributed by atoms with Crippen LogP contribution in [0.2, 0.25) is 0 Å². The van der Waals surface area contributed by atoms with E-state index in [1.807, 2.05) is 69.8 Å². The molecule has 10 nitrogen and oxygen atoms in total. The summed E-state index contributed by atoms with van der Waals surface area (Å²) in [5, 5.41) is 2.15. The van der Waals surface area contributed by atoms with Crippen molar-refractivity contribution in [2.75, 3.05) is 0 Å². The molecule has 0 radical (unpaired) electrons. The summed E-state index contributed by atoms with van der Waals surface area (Å²) < 4.78 is 11.4. The predicted molar refractivity (Wildman–Crippen MR) is 183 cm³/mol. The number of hydrogen-bond donors (Lipinski definition) is 2. The maximum Gasteiger partial charge on any atom is 0.411 e. The van der Waals surface area contributed by atoms with Gasteiger partial charge in [0.1, 0.15) is 28.5 Å². The number of likely N-dealkylation sites (tertiary alicyclic amines) is 2. The Balaban J connectivity index is 1.04. The lowest BCUT2D eigenvalue weighted by Gasteiger charge is -2.30. The highest BCUT2D eigenvalue weighted by atomic mass is 16.6. The fourth-order valence-electron chi connectivity index (χ4n) is 7.00. The molecule has 250 valence electrons.